The molecule has 6 heteroatoms. The maximum absolute atomic E-state index is 12.0. The summed E-state index contributed by atoms with van der Waals surface area (Å²) in [5.74, 6) is 5.57. The Morgan fingerprint density at radius 1 is 1.06 bits per heavy atom. The molecule has 0 amide bonds. The molecule has 0 fully saturated rings. The molecule has 0 aliphatic carbocycles. The van der Waals surface area contributed by atoms with E-state index in [4.69, 9.17) is 10.3 Å². The normalized spacial score (nSPS) is 11.3. The van der Waals surface area contributed by atoms with Crippen LogP contribution in [0.25, 0.3) is 0 Å². The number of nitrogens with two attached hydrogens (primary N) is 1. The fraction of sp³-hybridized carbons (Fsp3) is 0. The molecule has 2 aromatic rings. The maximum Gasteiger partial charge on any atom is 0.280 e. The minimum atomic E-state index is -3.74. The lowest BCUT2D eigenvalue weighted by atomic mass is 10.4. The van der Waals surface area contributed by atoms with E-state index in [9.17, 15) is 8.42 Å². The predicted molar refractivity (Wildman–Crippen MR) is 59.0 cm³/mol. The highest BCUT2D eigenvalue weighted by Crippen LogP contribution is 2.19. The molecule has 0 bridgehead atoms. The van der Waals surface area contributed by atoms with Crippen molar-refractivity contribution in [3.8, 4) is 0 Å². The van der Waals surface area contributed by atoms with Gasteiger partial charge in [-0.3, -0.25) is 0 Å². The maximum atomic E-state index is 12.0. The topological polar surface area (TPSA) is 76.5 Å². The van der Waals surface area contributed by atoms with E-state index in [1.54, 1.807) is 24.3 Å². The molecule has 84 valence electrons. The second-order valence-electron chi connectivity index (χ2n) is 3.07. The van der Waals surface area contributed by atoms with E-state index < -0.39 is 10.0 Å². The summed E-state index contributed by atoms with van der Waals surface area (Å²) in [4.78, 5) is 0.119. The molecule has 0 saturated heterocycles. The van der Waals surface area contributed by atoms with Crippen LogP contribution in [0.5, 0.6) is 0 Å². The van der Waals surface area contributed by atoms with Gasteiger partial charge in [-0.1, -0.05) is 18.2 Å². The lowest BCUT2D eigenvalue weighted by Gasteiger charge is -2.15. The zero-order chi connectivity index (χ0) is 11.6. The van der Waals surface area contributed by atoms with Gasteiger partial charge < -0.3 is 4.42 Å². The summed E-state index contributed by atoms with van der Waals surface area (Å²) in [6, 6.07) is 11.0. The van der Waals surface area contributed by atoms with Gasteiger partial charge in [0.1, 0.15) is 0 Å². The van der Waals surface area contributed by atoms with Crippen molar-refractivity contribution < 1.29 is 12.8 Å². The molecule has 0 saturated carbocycles. The van der Waals surface area contributed by atoms with Crippen LogP contribution in [-0.4, -0.2) is 8.42 Å². The number of rotatable bonds is 3. The fourth-order valence-electron chi connectivity index (χ4n) is 1.22. The first kappa shape index (κ1) is 10.7. The van der Waals surface area contributed by atoms with Gasteiger partial charge in [-0.25, -0.2) is 5.84 Å². The van der Waals surface area contributed by atoms with Gasteiger partial charge in [0.25, 0.3) is 10.0 Å². The summed E-state index contributed by atoms with van der Waals surface area (Å²) in [6.45, 7) is 0. The van der Waals surface area contributed by atoms with E-state index in [0.717, 1.165) is 0 Å². The Morgan fingerprint density at radius 3 is 2.31 bits per heavy atom. The van der Waals surface area contributed by atoms with Crippen molar-refractivity contribution in [2.45, 2.75) is 4.90 Å². The van der Waals surface area contributed by atoms with Crippen molar-refractivity contribution >= 4 is 15.9 Å². The third kappa shape index (κ3) is 1.80. The standard InChI is InChI=1S/C10H10N2O3S/c11-12(10-7-4-8-15-10)16(13,14)9-5-2-1-3-6-9/h1-8H,11H2. The monoisotopic (exact) mass is 238 g/mol. The van der Waals surface area contributed by atoms with Crippen molar-refractivity contribution in [3.63, 3.8) is 0 Å². The first-order chi connectivity index (χ1) is 7.62. The molecule has 0 unspecified atom stereocenters. The van der Waals surface area contributed by atoms with Crippen LogP contribution in [0, 0.1) is 0 Å². The van der Waals surface area contributed by atoms with Gasteiger partial charge in [-0.2, -0.15) is 12.8 Å². The van der Waals surface area contributed by atoms with Gasteiger partial charge in [0.05, 0.1) is 11.2 Å². The van der Waals surface area contributed by atoms with E-state index >= 15 is 0 Å². The smallest absolute Gasteiger partial charge is 0.280 e. The zero-order valence-electron chi connectivity index (χ0n) is 8.28. The second kappa shape index (κ2) is 3.99. The van der Waals surface area contributed by atoms with Gasteiger partial charge in [0, 0.05) is 6.07 Å². The van der Waals surface area contributed by atoms with Crippen LogP contribution < -0.4 is 10.3 Å². The summed E-state index contributed by atoms with van der Waals surface area (Å²) >= 11 is 0. The van der Waals surface area contributed by atoms with Gasteiger partial charge >= 0.3 is 0 Å². The lowest BCUT2D eigenvalue weighted by molar-refractivity contribution is 0.553. The number of hydrazine groups is 1. The fourth-order valence-corrected chi connectivity index (χ4v) is 2.29. The van der Waals surface area contributed by atoms with Crippen molar-refractivity contribution in [3.05, 3.63) is 48.7 Å². The van der Waals surface area contributed by atoms with E-state index in [0.29, 0.717) is 4.41 Å². The second-order valence-corrected chi connectivity index (χ2v) is 4.88. The molecule has 1 aromatic heterocycles. The van der Waals surface area contributed by atoms with Gasteiger partial charge in [-0.15, -0.1) is 0 Å². The first-order valence-electron chi connectivity index (χ1n) is 4.51. The molecule has 0 radical (unpaired) electrons. The third-order valence-corrected chi connectivity index (χ3v) is 3.59. The van der Waals surface area contributed by atoms with Crippen LogP contribution in [0.3, 0.4) is 0 Å². The number of furan rings is 1. The molecule has 1 aromatic carbocycles. The van der Waals surface area contributed by atoms with E-state index in [1.807, 2.05) is 0 Å². The van der Waals surface area contributed by atoms with Gasteiger partial charge in [0.15, 0.2) is 0 Å². The Balaban J connectivity index is 2.41. The summed E-state index contributed by atoms with van der Waals surface area (Å²) in [6.07, 6.45) is 1.36. The van der Waals surface area contributed by atoms with E-state index in [-0.39, 0.29) is 10.8 Å². The highest BCUT2D eigenvalue weighted by atomic mass is 32.2. The van der Waals surface area contributed by atoms with Gasteiger partial charge in [0.2, 0.25) is 5.88 Å². The Kier molecular flexibility index (Phi) is 2.67. The third-order valence-electron chi connectivity index (χ3n) is 2.02. The number of benzene rings is 1. The summed E-state index contributed by atoms with van der Waals surface area (Å²) in [5.41, 5.74) is 0. The molecule has 16 heavy (non-hydrogen) atoms. The molecule has 1 heterocycles. The van der Waals surface area contributed by atoms with Crippen molar-refractivity contribution in [2.24, 2.45) is 5.84 Å². The number of anilines is 1. The highest BCUT2D eigenvalue weighted by molar-refractivity contribution is 7.92. The number of hydrogen-bond acceptors (Lipinski definition) is 4. The van der Waals surface area contributed by atoms with Crippen LogP contribution in [0.4, 0.5) is 5.88 Å². The van der Waals surface area contributed by atoms with E-state index in [1.165, 1.54) is 24.5 Å². The molecular weight excluding hydrogens is 228 g/mol. The predicted octanol–water partition coefficient (Wildman–Crippen LogP) is 1.35. The summed E-state index contributed by atoms with van der Waals surface area (Å²) in [5, 5.41) is 0. The van der Waals surface area contributed by atoms with Crippen LogP contribution in [0.15, 0.2) is 58.0 Å². The van der Waals surface area contributed by atoms with Crippen molar-refractivity contribution in [2.75, 3.05) is 4.41 Å². The molecule has 0 spiro atoms. The average molecular weight is 238 g/mol. The Labute approximate surface area is 93.1 Å². The molecule has 2 rings (SSSR count). The Morgan fingerprint density at radius 2 is 1.75 bits per heavy atom. The number of hydrogen-bond donors (Lipinski definition) is 1. The van der Waals surface area contributed by atoms with Crippen LogP contribution >= 0.6 is 0 Å². The lowest BCUT2D eigenvalue weighted by Crippen LogP contribution is -2.37. The molecule has 0 aliphatic rings. The van der Waals surface area contributed by atoms with Crippen LogP contribution in [0.2, 0.25) is 0 Å². The zero-order valence-corrected chi connectivity index (χ0v) is 9.09. The van der Waals surface area contributed by atoms with Crippen LogP contribution in [0.1, 0.15) is 0 Å². The molecule has 2 N–H and O–H groups in total. The van der Waals surface area contributed by atoms with Gasteiger partial charge in [-0.05, 0) is 18.2 Å². The van der Waals surface area contributed by atoms with Crippen LogP contribution in [-0.2, 0) is 10.0 Å². The Bertz CT molecular complexity index is 549. The summed E-state index contributed by atoms with van der Waals surface area (Å²) in [7, 11) is -3.74. The number of sulfonamides is 1. The largest absolute Gasteiger partial charge is 0.446 e. The van der Waals surface area contributed by atoms with Crippen molar-refractivity contribution in [1.29, 1.82) is 0 Å². The number of nitrogens with zero attached hydrogens (tertiary/aromatic N) is 1. The molecular formula is C10H10N2O3S. The SMILES string of the molecule is NN(c1ccco1)S(=O)(=O)c1ccccc1. The quantitative estimate of drug-likeness (QED) is 0.646. The molecule has 0 atom stereocenters. The Hall–Kier alpha value is -1.79. The first-order valence-corrected chi connectivity index (χ1v) is 5.95. The highest BCUT2D eigenvalue weighted by Gasteiger charge is 2.23. The molecule has 0 aliphatic heterocycles. The minimum Gasteiger partial charge on any atom is -0.446 e. The van der Waals surface area contributed by atoms with E-state index in [2.05, 4.69) is 0 Å². The van der Waals surface area contributed by atoms with Crippen molar-refractivity contribution in [1.82, 2.24) is 0 Å². The summed E-state index contributed by atoms with van der Waals surface area (Å²) < 4.78 is 29.5. The minimum absolute atomic E-state index is 0.0730. The molecule has 5 nitrogen and oxygen atoms in total. The average Bonchev–Trinajstić information content (AvgIpc) is 2.82.